The molecule has 22 heavy (non-hydrogen) atoms. The quantitative estimate of drug-likeness (QED) is 0.729. The van der Waals surface area contributed by atoms with Crippen LogP contribution in [-0.4, -0.2) is 34.0 Å². The van der Waals surface area contributed by atoms with Crippen LogP contribution in [0.25, 0.3) is 10.6 Å². The Morgan fingerprint density at radius 3 is 2.82 bits per heavy atom. The summed E-state index contributed by atoms with van der Waals surface area (Å²) in [6.45, 7) is 2.40. The zero-order valence-electron chi connectivity index (χ0n) is 12.5. The topological polar surface area (TPSA) is 87.1 Å². The molecule has 0 radical (unpaired) electrons. The molecule has 0 aliphatic rings. The second-order valence-corrected chi connectivity index (χ2v) is 6.02. The largest absolute Gasteiger partial charge is 0.396 e. The van der Waals surface area contributed by atoms with Gasteiger partial charge in [0.2, 0.25) is 0 Å². The first kappa shape index (κ1) is 16.4. The van der Waals surface area contributed by atoms with Crippen LogP contribution in [0, 0.1) is 0 Å². The molecule has 6 nitrogen and oxygen atoms in total. The van der Waals surface area contributed by atoms with Crippen LogP contribution >= 0.6 is 11.3 Å². The van der Waals surface area contributed by atoms with Gasteiger partial charge in [-0.1, -0.05) is 41.7 Å². The summed E-state index contributed by atoms with van der Waals surface area (Å²) < 4.78 is 0. The number of aromatic nitrogens is 2. The van der Waals surface area contributed by atoms with E-state index in [-0.39, 0.29) is 18.7 Å². The molecule has 2 aromatic rings. The van der Waals surface area contributed by atoms with Crippen molar-refractivity contribution >= 4 is 17.4 Å². The Bertz CT molecular complexity index is 588. The Hall–Kier alpha value is -1.99. The molecule has 7 heteroatoms. The van der Waals surface area contributed by atoms with Crippen molar-refractivity contribution in [2.45, 2.75) is 32.4 Å². The van der Waals surface area contributed by atoms with Crippen LogP contribution in [0.2, 0.25) is 0 Å². The number of aliphatic hydroxyl groups is 1. The average Bonchev–Trinajstić information content (AvgIpc) is 3.01. The van der Waals surface area contributed by atoms with Gasteiger partial charge in [0, 0.05) is 18.2 Å². The lowest BCUT2D eigenvalue weighted by molar-refractivity contribution is 0.234. The molecule has 1 heterocycles. The van der Waals surface area contributed by atoms with Crippen LogP contribution in [-0.2, 0) is 6.54 Å². The summed E-state index contributed by atoms with van der Waals surface area (Å²) in [6.07, 6.45) is 1.43. The van der Waals surface area contributed by atoms with Crippen LogP contribution in [0.3, 0.4) is 0 Å². The Labute approximate surface area is 133 Å². The normalized spacial score (nSPS) is 11.9. The van der Waals surface area contributed by atoms with E-state index in [4.69, 9.17) is 5.11 Å². The fraction of sp³-hybridized carbons (Fsp3) is 0.400. The molecule has 1 aromatic heterocycles. The third-order valence-corrected chi connectivity index (χ3v) is 4.03. The first-order valence-electron chi connectivity index (χ1n) is 7.22. The predicted octanol–water partition coefficient (Wildman–Crippen LogP) is 2.17. The maximum Gasteiger partial charge on any atom is 0.315 e. The maximum atomic E-state index is 11.7. The van der Waals surface area contributed by atoms with E-state index in [1.54, 1.807) is 0 Å². The molecule has 1 atom stereocenters. The molecular formula is C15H20N4O2S. The number of nitrogens with one attached hydrogen (secondary N) is 2. The minimum Gasteiger partial charge on any atom is -0.396 e. The van der Waals surface area contributed by atoms with Gasteiger partial charge < -0.3 is 15.7 Å². The third kappa shape index (κ3) is 5.09. The number of urea groups is 1. The summed E-state index contributed by atoms with van der Waals surface area (Å²) >= 11 is 1.46. The Morgan fingerprint density at radius 2 is 2.09 bits per heavy atom. The maximum absolute atomic E-state index is 11.7. The molecule has 1 aromatic carbocycles. The van der Waals surface area contributed by atoms with E-state index < -0.39 is 0 Å². The van der Waals surface area contributed by atoms with Gasteiger partial charge in [-0.05, 0) is 19.8 Å². The van der Waals surface area contributed by atoms with E-state index in [1.165, 1.54) is 11.3 Å². The SMILES string of the molecule is CC(CCCO)NC(=O)NCc1nnc(-c2ccccc2)s1. The Kier molecular flexibility index (Phi) is 6.29. The number of benzene rings is 1. The molecule has 0 aliphatic heterocycles. The van der Waals surface area contributed by atoms with Crippen LogP contribution in [0.1, 0.15) is 24.8 Å². The summed E-state index contributed by atoms with van der Waals surface area (Å²) in [5, 5.41) is 24.2. The van der Waals surface area contributed by atoms with Crippen molar-refractivity contribution in [3.05, 3.63) is 35.3 Å². The van der Waals surface area contributed by atoms with Gasteiger partial charge in [-0.25, -0.2) is 4.79 Å². The van der Waals surface area contributed by atoms with E-state index in [2.05, 4.69) is 20.8 Å². The van der Waals surface area contributed by atoms with Gasteiger partial charge in [0.15, 0.2) is 0 Å². The number of carbonyl (C=O) groups excluding carboxylic acids is 1. The fourth-order valence-electron chi connectivity index (χ4n) is 1.92. The second kappa shape index (κ2) is 8.45. The van der Waals surface area contributed by atoms with Crippen LogP contribution in [0.5, 0.6) is 0 Å². The van der Waals surface area contributed by atoms with E-state index >= 15 is 0 Å². The summed E-state index contributed by atoms with van der Waals surface area (Å²) in [5.74, 6) is 0. The Morgan fingerprint density at radius 1 is 1.32 bits per heavy atom. The van der Waals surface area contributed by atoms with Gasteiger partial charge in [-0.2, -0.15) is 0 Å². The van der Waals surface area contributed by atoms with Crippen molar-refractivity contribution in [3.63, 3.8) is 0 Å². The monoisotopic (exact) mass is 320 g/mol. The molecule has 0 saturated carbocycles. The summed E-state index contributed by atoms with van der Waals surface area (Å²) in [5.41, 5.74) is 1.02. The number of hydrogen-bond donors (Lipinski definition) is 3. The van der Waals surface area contributed by atoms with Crippen molar-refractivity contribution in [3.8, 4) is 10.6 Å². The van der Waals surface area contributed by atoms with Gasteiger partial charge >= 0.3 is 6.03 Å². The molecule has 0 spiro atoms. The van der Waals surface area contributed by atoms with Crippen molar-refractivity contribution in [2.24, 2.45) is 0 Å². The zero-order chi connectivity index (χ0) is 15.8. The highest BCUT2D eigenvalue weighted by Gasteiger charge is 2.09. The first-order chi connectivity index (χ1) is 10.7. The lowest BCUT2D eigenvalue weighted by Crippen LogP contribution is -2.40. The third-order valence-electron chi connectivity index (χ3n) is 3.06. The van der Waals surface area contributed by atoms with Crippen molar-refractivity contribution in [2.75, 3.05) is 6.61 Å². The number of hydrogen-bond acceptors (Lipinski definition) is 5. The zero-order valence-corrected chi connectivity index (χ0v) is 13.3. The highest BCUT2D eigenvalue weighted by Crippen LogP contribution is 2.22. The highest BCUT2D eigenvalue weighted by molar-refractivity contribution is 7.14. The minimum absolute atomic E-state index is 0.0291. The molecule has 0 saturated heterocycles. The first-order valence-corrected chi connectivity index (χ1v) is 8.03. The van der Waals surface area contributed by atoms with Crippen molar-refractivity contribution in [1.29, 1.82) is 0 Å². The summed E-state index contributed by atoms with van der Waals surface area (Å²) in [6, 6.07) is 9.62. The number of nitrogens with zero attached hydrogens (tertiary/aromatic N) is 2. The molecule has 1 unspecified atom stereocenters. The molecule has 0 aliphatic carbocycles. The molecule has 0 bridgehead atoms. The van der Waals surface area contributed by atoms with Crippen LogP contribution < -0.4 is 10.6 Å². The number of carbonyl (C=O) groups is 1. The van der Waals surface area contributed by atoms with Crippen molar-refractivity contribution in [1.82, 2.24) is 20.8 Å². The molecule has 3 N–H and O–H groups in total. The minimum atomic E-state index is -0.234. The smallest absolute Gasteiger partial charge is 0.315 e. The molecular weight excluding hydrogens is 300 g/mol. The van der Waals surface area contributed by atoms with Gasteiger partial charge in [0.25, 0.3) is 0 Å². The van der Waals surface area contributed by atoms with Crippen LogP contribution in [0.4, 0.5) is 4.79 Å². The van der Waals surface area contributed by atoms with Crippen molar-refractivity contribution < 1.29 is 9.90 Å². The highest BCUT2D eigenvalue weighted by atomic mass is 32.1. The van der Waals surface area contributed by atoms with E-state index in [9.17, 15) is 4.79 Å². The predicted molar refractivity (Wildman–Crippen MR) is 86.5 cm³/mol. The van der Waals surface area contributed by atoms with Crippen LogP contribution in [0.15, 0.2) is 30.3 Å². The Balaban J connectivity index is 1.80. The van der Waals surface area contributed by atoms with Gasteiger partial charge in [-0.3, -0.25) is 0 Å². The van der Waals surface area contributed by atoms with Gasteiger partial charge in [-0.15, -0.1) is 10.2 Å². The van der Waals surface area contributed by atoms with E-state index in [1.807, 2.05) is 37.3 Å². The fourth-order valence-corrected chi connectivity index (χ4v) is 2.71. The van der Waals surface area contributed by atoms with E-state index in [0.29, 0.717) is 13.0 Å². The summed E-state index contributed by atoms with van der Waals surface area (Å²) in [7, 11) is 0. The lowest BCUT2D eigenvalue weighted by Gasteiger charge is -2.13. The second-order valence-electron chi connectivity index (χ2n) is 4.96. The standard InChI is InChI=1S/C15H20N4O2S/c1-11(6-5-9-20)17-15(21)16-10-13-18-19-14(22-13)12-7-3-2-4-8-12/h2-4,7-8,11,20H,5-6,9-10H2,1H3,(H2,16,17,21). The summed E-state index contributed by atoms with van der Waals surface area (Å²) in [4.78, 5) is 11.7. The van der Waals surface area contributed by atoms with Gasteiger partial charge in [0.1, 0.15) is 10.0 Å². The molecule has 2 amide bonds. The molecule has 118 valence electrons. The molecule has 2 rings (SSSR count). The molecule has 0 fully saturated rings. The van der Waals surface area contributed by atoms with E-state index in [0.717, 1.165) is 22.0 Å². The van der Waals surface area contributed by atoms with Gasteiger partial charge in [0.05, 0.1) is 6.54 Å². The number of aliphatic hydroxyl groups excluding tert-OH is 1. The lowest BCUT2D eigenvalue weighted by atomic mass is 10.2. The average molecular weight is 320 g/mol. The number of amides is 2. The number of rotatable bonds is 7.